The second-order valence-electron chi connectivity index (χ2n) is 3.43. The van der Waals surface area contributed by atoms with Crippen LogP contribution in [0.4, 0.5) is 11.8 Å². The summed E-state index contributed by atoms with van der Waals surface area (Å²) in [6, 6.07) is 1.82. The summed E-state index contributed by atoms with van der Waals surface area (Å²) in [6.45, 7) is 4.28. The van der Waals surface area contributed by atoms with Gasteiger partial charge in [0.1, 0.15) is 5.82 Å². The van der Waals surface area contributed by atoms with Crippen molar-refractivity contribution < 1.29 is 5.11 Å². The molecular weight excluding hydrogens is 194 g/mol. The van der Waals surface area contributed by atoms with E-state index >= 15 is 0 Å². The molecule has 1 unspecified atom stereocenters. The summed E-state index contributed by atoms with van der Waals surface area (Å²) in [4.78, 5) is 8.17. The molecule has 5 N–H and O–H groups in total. The number of aryl methyl sites for hydroxylation is 1. The summed E-state index contributed by atoms with van der Waals surface area (Å²) < 4.78 is 0. The number of nitrogens with two attached hydrogens (primary N) is 1. The molecule has 1 aromatic rings. The van der Waals surface area contributed by atoms with Gasteiger partial charge in [-0.15, -0.1) is 0 Å². The van der Waals surface area contributed by atoms with Crippen molar-refractivity contribution in [2.24, 2.45) is 5.84 Å². The Morgan fingerprint density at radius 3 is 2.87 bits per heavy atom. The molecular formula is C9H17N5O. The first kappa shape index (κ1) is 11.7. The Kier molecular flexibility index (Phi) is 4.26. The van der Waals surface area contributed by atoms with Crippen LogP contribution in [0.5, 0.6) is 0 Å². The Morgan fingerprint density at radius 2 is 2.27 bits per heavy atom. The van der Waals surface area contributed by atoms with Crippen molar-refractivity contribution >= 4 is 11.8 Å². The maximum absolute atomic E-state index is 9.08. The van der Waals surface area contributed by atoms with Gasteiger partial charge in [0.25, 0.3) is 0 Å². The average molecular weight is 211 g/mol. The Labute approximate surface area is 88.9 Å². The summed E-state index contributed by atoms with van der Waals surface area (Å²) in [5.41, 5.74) is 3.23. The summed E-state index contributed by atoms with van der Waals surface area (Å²) in [6.07, 6.45) is 0.363. The van der Waals surface area contributed by atoms with Crippen molar-refractivity contribution in [2.45, 2.75) is 26.4 Å². The average Bonchev–Trinajstić information content (AvgIpc) is 2.16. The second-order valence-corrected chi connectivity index (χ2v) is 3.43. The number of nitrogens with zero attached hydrogens (tertiary/aromatic N) is 2. The molecule has 0 aliphatic rings. The summed E-state index contributed by atoms with van der Waals surface area (Å²) >= 11 is 0. The molecule has 1 rings (SSSR count). The van der Waals surface area contributed by atoms with Gasteiger partial charge in [-0.2, -0.15) is 4.98 Å². The number of nitrogen functional groups attached to an aromatic ring is 1. The number of aromatic nitrogens is 2. The van der Waals surface area contributed by atoms with E-state index in [0.29, 0.717) is 24.7 Å². The van der Waals surface area contributed by atoms with Crippen LogP contribution in [0.2, 0.25) is 0 Å². The van der Waals surface area contributed by atoms with Gasteiger partial charge in [0, 0.05) is 18.3 Å². The lowest BCUT2D eigenvalue weighted by Crippen LogP contribution is -2.14. The van der Waals surface area contributed by atoms with Gasteiger partial charge in [-0.1, -0.05) is 0 Å². The van der Waals surface area contributed by atoms with Gasteiger partial charge in [0.2, 0.25) is 5.95 Å². The largest absolute Gasteiger partial charge is 0.393 e. The predicted octanol–water partition coefficient (Wildman–Crippen LogP) is 0.253. The van der Waals surface area contributed by atoms with E-state index in [4.69, 9.17) is 10.9 Å². The minimum Gasteiger partial charge on any atom is -0.393 e. The zero-order valence-corrected chi connectivity index (χ0v) is 8.99. The zero-order chi connectivity index (χ0) is 11.3. The summed E-state index contributed by atoms with van der Waals surface area (Å²) in [7, 11) is 0. The number of aliphatic hydroxyl groups is 1. The monoisotopic (exact) mass is 211 g/mol. The highest BCUT2D eigenvalue weighted by atomic mass is 16.3. The standard InChI is InChI=1S/C9H17N5O/c1-6-5-8(11-4-3-7(2)15)13-9(12-6)14-10/h5,7,15H,3-4,10H2,1-2H3,(H2,11,12,13,14). The Bertz CT molecular complexity index is 315. The molecule has 0 amide bonds. The molecule has 1 atom stereocenters. The lowest BCUT2D eigenvalue weighted by atomic mass is 10.3. The first-order valence-corrected chi connectivity index (χ1v) is 4.86. The Hall–Kier alpha value is -1.40. The molecule has 0 aliphatic heterocycles. The van der Waals surface area contributed by atoms with Crippen molar-refractivity contribution in [1.82, 2.24) is 9.97 Å². The third kappa shape index (κ3) is 4.09. The first-order valence-electron chi connectivity index (χ1n) is 4.86. The third-order valence-corrected chi connectivity index (χ3v) is 1.85. The van der Waals surface area contributed by atoms with Crippen LogP contribution in [0, 0.1) is 6.92 Å². The third-order valence-electron chi connectivity index (χ3n) is 1.85. The second kappa shape index (κ2) is 5.47. The number of nitrogens with one attached hydrogen (secondary N) is 2. The highest BCUT2D eigenvalue weighted by Gasteiger charge is 2.01. The molecule has 0 radical (unpaired) electrons. The molecule has 0 aliphatic carbocycles. The van der Waals surface area contributed by atoms with E-state index in [0.717, 1.165) is 5.69 Å². The highest BCUT2D eigenvalue weighted by molar-refractivity contribution is 5.41. The molecule has 6 nitrogen and oxygen atoms in total. The summed E-state index contributed by atoms with van der Waals surface area (Å²) in [5, 5.41) is 12.2. The predicted molar refractivity (Wildman–Crippen MR) is 59.4 cm³/mol. The van der Waals surface area contributed by atoms with Crippen LogP contribution in [0.3, 0.4) is 0 Å². The van der Waals surface area contributed by atoms with E-state index in [9.17, 15) is 0 Å². The van der Waals surface area contributed by atoms with Gasteiger partial charge < -0.3 is 10.4 Å². The van der Waals surface area contributed by atoms with Crippen molar-refractivity contribution in [1.29, 1.82) is 0 Å². The quantitative estimate of drug-likeness (QED) is 0.412. The summed E-state index contributed by atoms with van der Waals surface area (Å²) in [5.74, 6) is 6.31. The lowest BCUT2D eigenvalue weighted by molar-refractivity contribution is 0.188. The lowest BCUT2D eigenvalue weighted by Gasteiger charge is -2.08. The Balaban J connectivity index is 2.56. The number of anilines is 2. The normalized spacial score (nSPS) is 12.3. The van der Waals surface area contributed by atoms with Gasteiger partial charge >= 0.3 is 0 Å². The minimum atomic E-state index is -0.312. The number of rotatable bonds is 5. The number of hydrazine groups is 1. The van der Waals surface area contributed by atoms with Crippen molar-refractivity contribution in [3.8, 4) is 0 Å². The van der Waals surface area contributed by atoms with E-state index in [1.54, 1.807) is 6.92 Å². The highest BCUT2D eigenvalue weighted by Crippen LogP contribution is 2.08. The Morgan fingerprint density at radius 1 is 1.53 bits per heavy atom. The molecule has 0 saturated carbocycles. The minimum absolute atomic E-state index is 0.312. The van der Waals surface area contributed by atoms with Crippen LogP contribution in [-0.2, 0) is 0 Å². The number of aliphatic hydroxyl groups excluding tert-OH is 1. The van der Waals surface area contributed by atoms with E-state index in [1.165, 1.54) is 0 Å². The van der Waals surface area contributed by atoms with Crippen LogP contribution in [0.25, 0.3) is 0 Å². The van der Waals surface area contributed by atoms with Crippen LogP contribution in [0.1, 0.15) is 19.0 Å². The molecule has 1 heterocycles. The first-order chi connectivity index (χ1) is 7.11. The fraction of sp³-hybridized carbons (Fsp3) is 0.556. The number of hydrogen-bond acceptors (Lipinski definition) is 6. The SMILES string of the molecule is Cc1cc(NCCC(C)O)nc(NN)n1. The van der Waals surface area contributed by atoms with Crippen LogP contribution in [-0.4, -0.2) is 27.7 Å². The van der Waals surface area contributed by atoms with Gasteiger partial charge in [-0.25, -0.2) is 10.8 Å². The van der Waals surface area contributed by atoms with E-state index < -0.39 is 0 Å². The van der Waals surface area contributed by atoms with E-state index in [2.05, 4.69) is 20.7 Å². The van der Waals surface area contributed by atoms with Gasteiger partial charge in [0.05, 0.1) is 6.10 Å². The molecule has 0 aromatic carbocycles. The van der Waals surface area contributed by atoms with Crippen molar-refractivity contribution in [2.75, 3.05) is 17.3 Å². The zero-order valence-electron chi connectivity index (χ0n) is 8.99. The van der Waals surface area contributed by atoms with Gasteiger partial charge in [-0.05, 0) is 20.3 Å². The topological polar surface area (TPSA) is 96.1 Å². The smallest absolute Gasteiger partial charge is 0.239 e. The molecule has 1 aromatic heterocycles. The number of hydrogen-bond donors (Lipinski definition) is 4. The fourth-order valence-corrected chi connectivity index (χ4v) is 1.13. The van der Waals surface area contributed by atoms with Crippen molar-refractivity contribution in [3.63, 3.8) is 0 Å². The van der Waals surface area contributed by atoms with Crippen LogP contribution >= 0.6 is 0 Å². The molecule has 0 bridgehead atoms. The van der Waals surface area contributed by atoms with Crippen molar-refractivity contribution in [3.05, 3.63) is 11.8 Å². The maximum Gasteiger partial charge on any atom is 0.239 e. The van der Waals surface area contributed by atoms with E-state index in [1.807, 2.05) is 13.0 Å². The molecule has 84 valence electrons. The molecule has 0 spiro atoms. The maximum atomic E-state index is 9.08. The van der Waals surface area contributed by atoms with Gasteiger partial charge in [0.15, 0.2) is 0 Å². The fourth-order valence-electron chi connectivity index (χ4n) is 1.13. The molecule has 0 fully saturated rings. The van der Waals surface area contributed by atoms with E-state index in [-0.39, 0.29) is 6.10 Å². The molecule has 0 saturated heterocycles. The van der Waals surface area contributed by atoms with Crippen LogP contribution in [0.15, 0.2) is 6.07 Å². The molecule has 15 heavy (non-hydrogen) atoms. The molecule has 6 heteroatoms. The van der Waals surface area contributed by atoms with Crippen LogP contribution < -0.4 is 16.6 Å². The van der Waals surface area contributed by atoms with Gasteiger partial charge in [-0.3, -0.25) is 5.43 Å².